The summed E-state index contributed by atoms with van der Waals surface area (Å²) in [4.78, 5) is 46.8. The van der Waals surface area contributed by atoms with Crippen LogP contribution in [0.4, 0.5) is 5.69 Å². The van der Waals surface area contributed by atoms with Crippen LogP contribution in [-0.4, -0.2) is 39.3 Å². The molecule has 0 unspecified atom stereocenters. The van der Waals surface area contributed by atoms with Crippen LogP contribution in [0.5, 0.6) is 0 Å². The average molecular weight is 346 g/mol. The maximum Gasteiger partial charge on any atom is 0.259 e. The molecule has 126 valence electrons. The molecular formula is C17H10N6O3. The molecule has 2 amide bonds. The van der Waals surface area contributed by atoms with E-state index in [1.807, 2.05) is 6.07 Å². The number of carbonyl (C=O) groups is 3. The first-order chi connectivity index (χ1) is 12.6. The smallest absolute Gasteiger partial charge is 0.259 e. The number of hydrogen-bond acceptors (Lipinski definition) is 8. The first kappa shape index (κ1) is 15.6. The van der Waals surface area contributed by atoms with Gasteiger partial charge in [0.05, 0.1) is 23.5 Å². The van der Waals surface area contributed by atoms with Crippen molar-refractivity contribution in [3.05, 3.63) is 54.1 Å². The summed E-state index contributed by atoms with van der Waals surface area (Å²) in [5.41, 5.74) is 3.30. The number of nitrogens with zero attached hydrogens (tertiary/aromatic N) is 5. The third-order valence-corrected chi connectivity index (χ3v) is 4.21. The van der Waals surface area contributed by atoms with Gasteiger partial charge in [0.2, 0.25) is 11.7 Å². The van der Waals surface area contributed by atoms with Crippen LogP contribution in [0.1, 0.15) is 16.1 Å². The van der Waals surface area contributed by atoms with Crippen LogP contribution in [0.2, 0.25) is 0 Å². The molecule has 2 aliphatic rings. The molecule has 0 bridgehead atoms. The molecule has 9 heteroatoms. The van der Waals surface area contributed by atoms with Gasteiger partial charge < -0.3 is 0 Å². The van der Waals surface area contributed by atoms with Gasteiger partial charge in [-0.25, -0.2) is 9.88 Å². The zero-order valence-electron chi connectivity index (χ0n) is 13.2. The number of rotatable bonds is 3. The lowest BCUT2D eigenvalue weighted by molar-refractivity contribution is -0.122. The lowest BCUT2D eigenvalue weighted by Gasteiger charge is -2.15. The van der Waals surface area contributed by atoms with Crippen LogP contribution >= 0.6 is 0 Å². The van der Waals surface area contributed by atoms with Crippen LogP contribution in [0.25, 0.3) is 0 Å². The topological polar surface area (TPSA) is 128 Å². The Labute approximate surface area is 147 Å². The van der Waals surface area contributed by atoms with Crippen LogP contribution in [0, 0.1) is 17.2 Å². The fourth-order valence-electron chi connectivity index (χ4n) is 2.96. The van der Waals surface area contributed by atoms with Gasteiger partial charge in [0.1, 0.15) is 23.4 Å². The Morgan fingerprint density at radius 1 is 1.15 bits per heavy atom. The van der Waals surface area contributed by atoms with E-state index in [0.29, 0.717) is 11.3 Å². The van der Waals surface area contributed by atoms with Crippen molar-refractivity contribution in [2.24, 2.45) is 11.0 Å². The summed E-state index contributed by atoms with van der Waals surface area (Å²) < 4.78 is 0. The highest BCUT2D eigenvalue weighted by molar-refractivity contribution is 6.52. The van der Waals surface area contributed by atoms with Crippen molar-refractivity contribution >= 4 is 29.0 Å². The lowest BCUT2D eigenvalue weighted by Crippen LogP contribution is -2.36. The quantitative estimate of drug-likeness (QED) is 0.614. The molecular weight excluding hydrogens is 336 g/mol. The Balaban J connectivity index is 1.66. The van der Waals surface area contributed by atoms with Gasteiger partial charge in [0.15, 0.2) is 0 Å². The number of anilines is 1. The summed E-state index contributed by atoms with van der Waals surface area (Å²) in [5, 5.41) is 12.8. The molecule has 1 aromatic heterocycles. The molecule has 0 aliphatic carbocycles. The number of nitrogens with one attached hydrogen (secondary N) is 1. The Kier molecular flexibility index (Phi) is 3.51. The molecule has 0 radical (unpaired) electrons. The number of fused-ring (bicyclic) bond motifs is 1. The minimum absolute atomic E-state index is 0.0470. The number of hydrazone groups is 1. The summed E-state index contributed by atoms with van der Waals surface area (Å²) in [6.07, 6.45) is 4.06. The van der Waals surface area contributed by atoms with Crippen molar-refractivity contribution in [3.63, 3.8) is 0 Å². The van der Waals surface area contributed by atoms with E-state index in [1.54, 1.807) is 0 Å². The van der Waals surface area contributed by atoms with Gasteiger partial charge in [-0.1, -0.05) is 0 Å². The Morgan fingerprint density at radius 3 is 2.58 bits per heavy atom. The maximum atomic E-state index is 12.8. The average Bonchev–Trinajstić information content (AvgIpc) is 3.22. The number of ketones is 1. The van der Waals surface area contributed by atoms with Crippen LogP contribution in [0.3, 0.4) is 0 Å². The molecule has 9 nitrogen and oxygen atoms in total. The number of amides is 2. The standard InChI is InChI=1S/C17H10N6O3/c18-7-9-1-3-10(4-2-9)23-16(25)12-13(21-22-14(12)17(23)26)15(24)11-8-19-5-6-20-11/h1-6,8,12,14,22H/t12-,14-/m0/s1. The second-order valence-electron chi connectivity index (χ2n) is 5.67. The van der Waals surface area contributed by atoms with Gasteiger partial charge in [-0.05, 0) is 24.3 Å². The van der Waals surface area contributed by atoms with E-state index in [4.69, 9.17) is 5.26 Å². The molecule has 4 rings (SSSR count). The predicted molar refractivity (Wildman–Crippen MR) is 87.9 cm³/mol. The van der Waals surface area contributed by atoms with Gasteiger partial charge in [-0.3, -0.25) is 24.8 Å². The van der Waals surface area contributed by atoms with E-state index in [2.05, 4.69) is 20.5 Å². The van der Waals surface area contributed by atoms with Gasteiger partial charge >= 0.3 is 0 Å². The molecule has 0 saturated carbocycles. The number of Topliss-reactive ketones (excluding diaryl/α,β-unsaturated/α-hetero) is 1. The molecule has 2 aliphatic heterocycles. The van der Waals surface area contributed by atoms with E-state index in [0.717, 1.165) is 4.90 Å². The normalized spacial score (nSPS) is 21.0. The minimum Gasteiger partial charge on any atom is -0.296 e. The molecule has 2 atom stereocenters. The maximum absolute atomic E-state index is 12.8. The first-order valence-corrected chi connectivity index (χ1v) is 7.63. The van der Waals surface area contributed by atoms with Gasteiger partial charge in [0, 0.05) is 12.4 Å². The number of imide groups is 1. The molecule has 1 aromatic carbocycles. The van der Waals surface area contributed by atoms with Gasteiger partial charge in [-0.15, -0.1) is 0 Å². The second kappa shape index (κ2) is 5.86. The molecule has 0 spiro atoms. The van der Waals surface area contributed by atoms with Crippen molar-refractivity contribution in [1.82, 2.24) is 15.4 Å². The van der Waals surface area contributed by atoms with Crippen LogP contribution in [0.15, 0.2) is 48.0 Å². The van der Waals surface area contributed by atoms with Crippen molar-refractivity contribution in [3.8, 4) is 6.07 Å². The second-order valence-corrected chi connectivity index (χ2v) is 5.67. The fraction of sp³-hybridized carbons (Fsp3) is 0.118. The van der Waals surface area contributed by atoms with Crippen molar-refractivity contribution in [2.75, 3.05) is 4.90 Å². The van der Waals surface area contributed by atoms with E-state index in [1.165, 1.54) is 42.9 Å². The van der Waals surface area contributed by atoms with Gasteiger partial charge in [-0.2, -0.15) is 10.4 Å². The highest BCUT2D eigenvalue weighted by Gasteiger charge is 2.55. The van der Waals surface area contributed by atoms with Crippen molar-refractivity contribution < 1.29 is 14.4 Å². The number of carbonyl (C=O) groups excluding carboxylic acids is 3. The van der Waals surface area contributed by atoms with E-state index >= 15 is 0 Å². The summed E-state index contributed by atoms with van der Waals surface area (Å²) in [5.74, 6) is -2.63. The lowest BCUT2D eigenvalue weighted by atomic mass is 9.94. The zero-order valence-corrected chi connectivity index (χ0v) is 13.2. The Hall–Kier alpha value is -3.93. The van der Waals surface area contributed by atoms with E-state index < -0.39 is 29.6 Å². The summed E-state index contributed by atoms with van der Waals surface area (Å²) in [6, 6.07) is 7.08. The molecule has 1 fully saturated rings. The monoisotopic (exact) mass is 346 g/mol. The highest BCUT2D eigenvalue weighted by Crippen LogP contribution is 2.31. The molecule has 26 heavy (non-hydrogen) atoms. The highest BCUT2D eigenvalue weighted by atomic mass is 16.2. The van der Waals surface area contributed by atoms with Crippen LogP contribution < -0.4 is 10.3 Å². The van der Waals surface area contributed by atoms with E-state index in [-0.39, 0.29) is 11.4 Å². The minimum atomic E-state index is -1.02. The summed E-state index contributed by atoms with van der Waals surface area (Å²) in [6.45, 7) is 0. The Bertz CT molecular complexity index is 993. The number of aromatic nitrogens is 2. The number of nitriles is 1. The molecule has 1 N–H and O–H groups in total. The van der Waals surface area contributed by atoms with Gasteiger partial charge in [0.25, 0.3) is 5.91 Å². The Morgan fingerprint density at radius 2 is 1.92 bits per heavy atom. The number of hydrogen-bond donors (Lipinski definition) is 1. The molecule has 1 saturated heterocycles. The van der Waals surface area contributed by atoms with Crippen LogP contribution in [-0.2, 0) is 9.59 Å². The zero-order chi connectivity index (χ0) is 18.3. The molecule has 2 aromatic rings. The number of benzene rings is 1. The predicted octanol–water partition coefficient (Wildman–Crippen LogP) is 0.0484. The first-order valence-electron chi connectivity index (χ1n) is 7.63. The summed E-state index contributed by atoms with van der Waals surface area (Å²) >= 11 is 0. The SMILES string of the molecule is N#Cc1ccc(N2C(=O)[C@H]3C(C(=O)c4cnccn4)=NN[C@@H]3C2=O)cc1. The molecule has 3 heterocycles. The largest absolute Gasteiger partial charge is 0.296 e. The van der Waals surface area contributed by atoms with Crippen molar-refractivity contribution in [2.45, 2.75) is 6.04 Å². The third-order valence-electron chi connectivity index (χ3n) is 4.21. The van der Waals surface area contributed by atoms with Crippen molar-refractivity contribution in [1.29, 1.82) is 5.26 Å². The fourth-order valence-corrected chi connectivity index (χ4v) is 2.96. The summed E-state index contributed by atoms with van der Waals surface area (Å²) in [7, 11) is 0. The van der Waals surface area contributed by atoms with E-state index in [9.17, 15) is 14.4 Å². The third kappa shape index (κ3) is 2.24.